The number of benzene rings is 1. The molecule has 0 radical (unpaired) electrons. The minimum absolute atomic E-state index is 0.0200. The van der Waals surface area contributed by atoms with Gasteiger partial charge in [-0.25, -0.2) is 4.98 Å². The first kappa shape index (κ1) is 18.5. The van der Waals surface area contributed by atoms with Crippen molar-refractivity contribution in [2.75, 3.05) is 7.05 Å². The standard InChI is InChI=1S/C23H31N5O/c1-24-22(25-15-17-16-28-13-7-4-10-21(28)26-17)27-19-14-23(11-5-6-12-23)29-20-9-3-2-8-18(19)20/h2-3,8-9,16,19H,4-7,10-15H2,1H3,(H2,24,25,27). The highest BCUT2D eigenvalue weighted by atomic mass is 16.5. The van der Waals surface area contributed by atoms with Crippen LogP contribution in [0.15, 0.2) is 35.5 Å². The summed E-state index contributed by atoms with van der Waals surface area (Å²) in [5.74, 6) is 3.07. The molecule has 0 saturated heterocycles. The minimum Gasteiger partial charge on any atom is -0.487 e. The number of aliphatic imine (C=N–C) groups is 1. The van der Waals surface area contributed by atoms with Crippen LogP contribution in [0.4, 0.5) is 0 Å². The number of guanidine groups is 1. The van der Waals surface area contributed by atoms with Crippen LogP contribution >= 0.6 is 0 Å². The first-order chi connectivity index (χ1) is 14.2. The molecule has 2 aliphatic heterocycles. The monoisotopic (exact) mass is 393 g/mol. The molecule has 1 atom stereocenters. The van der Waals surface area contributed by atoms with E-state index in [4.69, 9.17) is 9.72 Å². The van der Waals surface area contributed by atoms with Crippen LogP contribution in [-0.2, 0) is 19.5 Å². The molecule has 3 heterocycles. The summed E-state index contributed by atoms with van der Waals surface area (Å²) in [5, 5.41) is 7.14. The Morgan fingerprint density at radius 3 is 2.93 bits per heavy atom. The zero-order valence-corrected chi connectivity index (χ0v) is 17.3. The van der Waals surface area contributed by atoms with Crippen LogP contribution in [-0.4, -0.2) is 28.2 Å². The van der Waals surface area contributed by atoms with Gasteiger partial charge in [0.25, 0.3) is 0 Å². The van der Waals surface area contributed by atoms with E-state index in [9.17, 15) is 0 Å². The first-order valence-electron chi connectivity index (χ1n) is 11.0. The predicted octanol–water partition coefficient (Wildman–Crippen LogP) is 3.72. The largest absolute Gasteiger partial charge is 0.487 e. The van der Waals surface area contributed by atoms with Gasteiger partial charge < -0.3 is 19.9 Å². The number of hydrogen-bond acceptors (Lipinski definition) is 3. The predicted molar refractivity (Wildman–Crippen MR) is 114 cm³/mol. The Balaban J connectivity index is 1.29. The number of rotatable bonds is 3. The van der Waals surface area contributed by atoms with Gasteiger partial charge in [-0.1, -0.05) is 18.2 Å². The molecule has 5 rings (SSSR count). The Morgan fingerprint density at radius 1 is 1.24 bits per heavy atom. The second-order valence-corrected chi connectivity index (χ2v) is 8.66. The molecule has 1 fully saturated rings. The number of para-hydroxylation sites is 1. The van der Waals surface area contributed by atoms with Gasteiger partial charge in [-0.3, -0.25) is 4.99 Å². The number of fused-ring (bicyclic) bond motifs is 2. The zero-order valence-electron chi connectivity index (χ0n) is 17.3. The van der Waals surface area contributed by atoms with Gasteiger partial charge >= 0.3 is 0 Å². The molecule has 1 spiro atoms. The van der Waals surface area contributed by atoms with Gasteiger partial charge in [0, 0.05) is 38.2 Å². The maximum Gasteiger partial charge on any atom is 0.191 e. The van der Waals surface area contributed by atoms with Gasteiger partial charge in [0.1, 0.15) is 17.2 Å². The van der Waals surface area contributed by atoms with Gasteiger partial charge in [-0.2, -0.15) is 0 Å². The number of aromatic nitrogens is 2. The van der Waals surface area contributed by atoms with Crippen molar-refractivity contribution in [2.24, 2.45) is 4.99 Å². The van der Waals surface area contributed by atoms with E-state index in [1.165, 1.54) is 37.1 Å². The van der Waals surface area contributed by atoms with Crippen LogP contribution in [0.1, 0.15) is 68.1 Å². The summed E-state index contributed by atoms with van der Waals surface area (Å²) in [7, 11) is 1.84. The van der Waals surface area contributed by atoms with Crippen LogP contribution in [0, 0.1) is 0 Å². The lowest BCUT2D eigenvalue weighted by atomic mass is 9.86. The molecule has 29 heavy (non-hydrogen) atoms. The van der Waals surface area contributed by atoms with E-state index in [1.807, 2.05) is 7.05 Å². The smallest absolute Gasteiger partial charge is 0.191 e. The van der Waals surface area contributed by atoms with Crippen LogP contribution in [0.2, 0.25) is 0 Å². The van der Waals surface area contributed by atoms with Gasteiger partial charge in [-0.05, 0) is 44.6 Å². The van der Waals surface area contributed by atoms with Crippen molar-refractivity contribution in [3.63, 3.8) is 0 Å². The fourth-order valence-electron chi connectivity index (χ4n) is 5.16. The molecule has 1 saturated carbocycles. The van der Waals surface area contributed by atoms with E-state index in [0.29, 0.717) is 6.54 Å². The van der Waals surface area contributed by atoms with Gasteiger partial charge in [0.2, 0.25) is 0 Å². The molecule has 0 amide bonds. The number of imidazole rings is 1. The molecule has 154 valence electrons. The molecular weight excluding hydrogens is 362 g/mol. The Kier molecular flexibility index (Phi) is 4.94. The molecule has 0 bridgehead atoms. The van der Waals surface area contributed by atoms with E-state index in [0.717, 1.165) is 49.6 Å². The number of nitrogens with one attached hydrogen (secondary N) is 2. The maximum absolute atomic E-state index is 6.49. The van der Waals surface area contributed by atoms with Crippen molar-refractivity contribution >= 4 is 5.96 Å². The van der Waals surface area contributed by atoms with Crippen molar-refractivity contribution in [3.05, 3.63) is 47.5 Å². The highest BCUT2D eigenvalue weighted by Crippen LogP contribution is 2.46. The summed E-state index contributed by atoms with van der Waals surface area (Å²) in [6.45, 7) is 1.78. The highest BCUT2D eigenvalue weighted by molar-refractivity contribution is 5.80. The maximum atomic E-state index is 6.49. The van der Waals surface area contributed by atoms with Crippen LogP contribution < -0.4 is 15.4 Å². The minimum atomic E-state index is -0.0200. The highest BCUT2D eigenvalue weighted by Gasteiger charge is 2.43. The Hall–Kier alpha value is -2.50. The summed E-state index contributed by atoms with van der Waals surface area (Å²) in [5.41, 5.74) is 2.29. The third-order valence-corrected chi connectivity index (χ3v) is 6.64. The van der Waals surface area contributed by atoms with Crippen molar-refractivity contribution in [3.8, 4) is 5.75 Å². The third kappa shape index (κ3) is 3.72. The van der Waals surface area contributed by atoms with E-state index in [2.05, 4.69) is 50.7 Å². The second-order valence-electron chi connectivity index (χ2n) is 8.66. The topological polar surface area (TPSA) is 63.5 Å². The summed E-state index contributed by atoms with van der Waals surface area (Å²) in [4.78, 5) is 9.28. The fraction of sp³-hybridized carbons (Fsp3) is 0.565. The van der Waals surface area contributed by atoms with Gasteiger partial charge in [0.05, 0.1) is 18.3 Å². The van der Waals surface area contributed by atoms with E-state index in [-0.39, 0.29) is 11.6 Å². The molecule has 1 unspecified atom stereocenters. The van der Waals surface area contributed by atoms with Crippen molar-refractivity contribution in [1.82, 2.24) is 20.2 Å². The second kappa shape index (κ2) is 7.73. The molecule has 6 nitrogen and oxygen atoms in total. The lowest BCUT2D eigenvalue weighted by molar-refractivity contribution is 0.0396. The molecule has 2 aromatic rings. The number of ether oxygens (including phenoxy) is 1. The molecular formula is C23H31N5O. The molecule has 6 heteroatoms. The van der Waals surface area contributed by atoms with E-state index < -0.39 is 0 Å². The average Bonchev–Trinajstić information content (AvgIpc) is 3.37. The lowest BCUT2D eigenvalue weighted by Crippen LogP contribution is -2.46. The zero-order chi connectivity index (χ0) is 19.7. The Bertz CT molecular complexity index is 873. The number of hydrogen-bond donors (Lipinski definition) is 2. The van der Waals surface area contributed by atoms with Gasteiger partial charge in [-0.15, -0.1) is 0 Å². The summed E-state index contributed by atoms with van der Waals surface area (Å²) in [6.07, 6.45) is 11.6. The van der Waals surface area contributed by atoms with E-state index in [1.54, 1.807) is 0 Å². The molecule has 3 aliphatic rings. The van der Waals surface area contributed by atoms with Crippen LogP contribution in [0.5, 0.6) is 5.75 Å². The normalized spacial score (nSPS) is 22.7. The Labute approximate surface area is 172 Å². The number of nitrogens with zero attached hydrogens (tertiary/aromatic N) is 3. The van der Waals surface area contributed by atoms with Gasteiger partial charge in [0.15, 0.2) is 5.96 Å². The summed E-state index contributed by atoms with van der Waals surface area (Å²) >= 11 is 0. The third-order valence-electron chi connectivity index (χ3n) is 6.64. The average molecular weight is 394 g/mol. The van der Waals surface area contributed by atoms with E-state index >= 15 is 0 Å². The molecule has 1 aromatic heterocycles. The SMILES string of the molecule is CN=C(NCc1cn2c(n1)CCCC2)NC1CC2(CCCC2)Oc2ccccc21. The molecule has 2 N–H and O–H groups in total. The molecule has 1 aromatic carbocycles. The quantitative estimate of drug-likeness (QED) is 0.616. The lowest BCUT2D eigenvalue weighted by Gasteiger charge is -2.40. The summed E-state index contributed by atoms with van der Waals surface area (Å²) in [6, 6.07) is 8.65. The van der Waals surface area contributed by atoms with Crippen molar-refractivity contribution in [1.29, 1.82) is 0 Å². The van der Waals surface area contributed by atoms with Crippen molar-refractivity contribution < 1.29 is 4.74 Å². The van der Waals surface area contributed by atoms with Crippen LogP contribution in [0.25, 0.3) is 0 Å². The summed E-state index contributed by atoms with van der Waals surface area (Å²) < 4.78 is 8.79. The van der Waals surface area contributed by atoms with Crippen LogP contribution in [0.3, 0.4) is 0 Å². The fourth-order valence-corrected chi connectivity index (χ4v) is 5.16. The Morgan fingerprint density at radius 2 is 2.10 bits per heavy atom. The first-order valence-corrected chi connectivity index (χ1v) is 11.0. The number of aryl methyl sites for hydroxylation is 2. The molecule has 1 aliphatic carbocycles. The van der Waals surface area contributed by atoms with Crippen molar-refractivity contribution in [2.45, 2.75) is 76.1 Å².